The van der Waals surface area contributed by atoms with Gasteiger partial charge < -0.3 is 0 Å². The van der Waals surface area contributed by atoms with Crippen LogP contribution in [0, 0.1) is 12.7 Å². The Hall–Kier alpha value is -1.68. The first-order chi connectivity index (χ1) is 12.3. The van der Waals surface area contributed by atoms with Gasteiger partial charge in [0.15, 0.2) is 5.82 Å². The predicted molar refractivity (Wildman–Crippen MR) is 103 cm³/mol. The van der Waals surface area contributed by atoms with E-state index in [-0.39, 0.29) is 15.8 Å². The lowest BCUT2D eigenvalue weighted by atomic mass is 10.2. The van der Waals surface area contributed by atoms with E-state index in [9.17, 15) is 12.8 Å². The van der Waals surface area contributed by atoms with Gasteiger partial charge >= 0.3 is 0 Å². The monoisotopic (exact) mass is 429 g/mol. The Morgan fingerprint density at radius 1 is 1.27 bits per heavy atom. The first-order valence-corrected chi connectivity index (χ1v) is 11.0. The van der Waals surface area contributed by atoms with Gasteiger partial charge in [0.05, 0.1) is 10.6 Å². The van der Waals surface area contributed by atoms with Crippen LogP contribution in [0.4, 0.5) is 9.52 Å². The van der Waals surface area contributed by atoms with Gasteiger partial charge in [0.25, 0.3) is 10.0 Å². The molecule has 10 heteroatoms. The SMILES string of the molecule is Cc1c(Cl)cccc1S(=O)(=O)Nc1nc(CSc2cccc(F)c2)ns1. The van der Waals surface area contributed by atoms with Gasteiger partial charge in [-0.05, 0) is 42.8 Å². The van der Waals surface area contributed by atoms with Crippen molar-refractivity contribution < 1.29 is 12.8 Å². The highest BCUT2D eigenvalue weighted by molar-refractivity contribution is 7.98. The summed E-state index contributed by atoms with van der Waals surface area (Å²) in [5.74, 6) is 0.550. The minimum Gasteiger partial charge on any atom is -0.253 e. The first-order valence-electron chi connectivity index (χ1n) is 7.34. The van der Waals surface area contributed by atoms with Crippen LogP contribution in [-0.4, -0.2) is 17.8 Å². The molecule has 5 nitrogen and oxygen atoms in total. The van der Waals surface area contributed by atoms with Crippen molar-refractivity contribution in [3.8, 4) is 0 Å². The third-order valence-corrected chi connectivity index (χ3v) is 7.04. The smallest absolute Gasteiger partial charge is 0.253 e. The molecule has 0 radical (unpaired) electrons. The summed E-state index contributed by atoms with van der Waals surface area (Å²) in [6.07, 6.45) is 0. The number of nitrogens with one attached hydrogen (secondary N) is 1. The molecule has 1 N–H and O–H groups in total. The van der Waals surface area contributed by atoms with E-state index in [1.54, 1.807) is 31.2 Å². The van der Waals surface area contributed by atoms with E-state index in [1.165, 1.54) is 30.0 Å². The molecule has 26 heavy (non-hydrogen) atoms. The molecule has 0 aliphatic carbocycles. The van der Waals surface area contributed by atoms with Gasteiger partial charge in [-0.25, -0.2) is 17.8 Å². The number of hydrogen-bond donors (Lipinski definition) is 1. The topological polar surface area (TPSA) is 72.0 Å². The average molecular weight is 430 g/mol. The van der Waals surface area contributed by atoms with Crippen molar-refractivity contribution in [3.05, 3.63) is 64.7 Å². The Labute approximate surface area is 163 Å². The maximum Gasteiger partial charge on any atom is 0.264 e. The lowest BCUT2D eigenvalue weighted by Crippen LogP contribution is -2.14. The molecular weight excluding hydrogens is 417 g/mol. The molecular formula is C16H13ClFN3O2S3. The molecule has 1 aromatic heterocycles. The fourth-order valence-corrected chi connectivity index (χ4v) is 5.29. The van der Waals surface area contributed by atoms with E-state index in [2.05, 4.69) is 14.1 Å². The lowest BCUT2D eigenvalue weighted by molar-refractivity contribution is 0.600. The summed E-state index contributed by atoms with van der Waals surface area (Å²) >= 11 is 8.30. The predicted octanol–water partition coefficient (Wildman–Crippen LogP) is 4.73. The van der Waals surface area contributed by atoms with Crippen molar-refractivity contribution in [2.24, 2.45) is 0 Å². The van der Waals surface area contributed by atoms with Crippen LogP contribution in [0.3, 0.4) is 0 Å². The van der Waals surface area contributed by atoms with Crippen molar-refractivity contribution in [1.29, 1.82) is 0 Å². The molecule has 0 saturated heterocycles. The molecule has 0 aliphatic heterocycles. The number of hydrogen-bond acceptors (Lipinski definition) is 6. The van der Waals surface area contributed by atoms with Gasteiger partial charge in [0, 0.05) is 21.5 Å². The van der Waals surface area contributed by atoms with Crippen molar-refractivity contribution in [2.75, 3.05) is 4.72 Å². The maximum absolute atomic E-state index is 13.2. The summed E-state index contributed by atoms with van der Waals surface area (Å²) in [7, 11) is -3.81. The van der Waals surface area contributed by atoms with Gasteiger partial charge in [-0.3, -0.25) is 4.72 Å². The summed E-state index contributed by atoms with van der Waals surface area (Å²) in [5.41, 5.74) is 0.466. The number of benzene rings is 2. The molecule has 3 aromatic rings. The Morgan fingerprint density at radius 3 is 2.81 bits per heavy atom. The molecule has 2 aromatic carbocycles. The number of nitrogens with zero attached hydrogens (tertiary/aromatic N) is 2. The fourth-order valence-electron chi connectivity index (χ4n) is 2.11. The highest BCUT2D eigenvalue weighted by Crippen LogP contribution is 2.27. The number of rotatable bonds is 6. The van der Waals surface area contributed by atoms with Crippen LogP contribution >= 0.6 is 34.9 Å². The lowest BCUT2D eigenvalue weighted by Gasteiger charge is -2.08. The Bertz CT molecular complexity index is 1040. The number of sulfonamides is 1. The van der Waals surface area contributed by atoms with E-state index in [0.717, 1.165) is 16.4 Å². The van der Waals surface area contributed by atoms with E-state index in [4.69, 9.17) is 11.6 Å². The van der Waals surface area contributed by atoms with Crippen molar-refractivity contribution in [1.82, 2.24) is 9.36 Å². The van der Waals surface area contributed by atoms with Gasteiger partial charge in [0.2, 0.25) is 5.13 Å². The molecule has 0 saturated carbocycles. The van der Waals surface area contributed by atoms with Crippen LogP contribution in [0.1, 0.15) is 11.4 Å². The zero-order valence-electron chi connectivity index (χ0n) is 13.4. The van der Waals surface area contributed by atoms with E-state index in [1.807, 2.05) is 0 Å². The summed E-state index contributed by atoms with van der Waals surface area (Å²) < 4.78 is 44.8. The van der Waals surface area contributed by atoms with Gasteiger partial charge in [0.1, 0.15) is 5.82 Å². The summed E-state index contributed by atoms with van der Waals surface area (Å²) in [5, 5.41) is 0.538. The van der Waals surface area contributed by atoms with Crippen LogP contribution < -0.4 is 4.72 Å². The number of thioether (sulfide) groups is 1. The molecule has 136 valence electrons. The highest BCUT2D eigenvalue weighted by Gasteiger charge is 2.20. The van der Waals surface area contributed by atoms with E-state index < -0.39 is 10.0 Å². The summed E-state index contributed by atoms with van der Waals surface area (Å²) in [6.45, 7) is 1.64. The van der Waals surface area contributed by atoms with Crippen LogP contribution in [0.25, 0.3) is 0 Å². The fraction of sp³-hybridized carbons (Fsp3) is 0.125. The molecule has 0 atom stereocenters. The highest BCUT2D eigenvalue weighted by atomic mass is 35.5. The molecule has 0 unspecified atom stereocenters. The number of aromatic nitrogens is 2. The molecule has 0 fully saturated rings. The zero-order chi connectivity index (χ0) is 18.7. The second kappa shape index (κ2) is 7.91. The largest absolute Gasteiger partial charge is 0.264 e. The normalized spacial score (nSPS) is 11.5. The molecule has 1 heterocycles. The molecule has 0 aliphatic rings. The van der Waals surface area contributed by atoms with E-state index >= 15 is 0 Å². The Balaban J connectivity index is 1.71. The van der Waals surface area contributed by atoms with Gasteiger partial charge in [-0.1, -0.05) is 23.7 Å². The second-order valence-electron chi connectivity index (χ2n) is 5.23. The van der Waals surface area contributed by atoms with Gasteiger partial charge in [-0.2, -0.15) is 4.37 Å². The zero-order valence-corrected chi connectivity index (χ0v) is 16.6. The summed E-state index contributed by atoms with van der Waals surface area (Å²) in [6, 6.07) is 10.9. The Kier molecular flexibility index (Phi) is 5.81. The minimum atomic E-state index is -3.81. The minimum absolute atomic E-state index is 0.0934. The van der Waals surface area contributed by atoms with Gasteiger partial charge in [-0.15, -0.1) is 11.8 Å². The van der Waals surface area contributed by atoms with Crippen LogP contribution in [0.15, 0.2) is 52.3 Å². The van der Waals surface area contributed by atoms with Crippen LogP contribution in [0.2, 0.25) is 5.02 Å². The number of anilines is 1. The molecule has 0 amide bonds. The second-order valence-corrected chi connectivity index (χ2v) is 9.09. The van der Waals surface area contributed by atoms with Crippen molar-refractivity contribution in [2.45, 2.75) is 22.5 Å². The maximum atomic E-state index is 13.2. The van der Waals surface area contributed by atoms with E-state index in [0.29, 0.717) is 22.2 Å². The quantitative estimate of drug-likeness (QED) is 0.573. The molecule has 0 bridgehead atoms. The third kappa shape index (κ3) is 4.53. The average Bonchev–Trinajstić information content (AvgIpc) is 3.02. The first kappa shape index (κ1) is 19.1. The van der Waals surface area contributed by atoms with Crippen molar-refractivity contribution in [3.63, 3.8) is 0 Å². The number of halogens is 2. The van der Waals surface area contributed by atoms with Crippen LogP contribution in [0.5, 0.6) is 0 Å². The van der Waals surface area contributed by atoms with Crippen LogP contribution in [-0.2, 0) is 15.8 Å². The molecule has 3 rings (SSSR count). The Morgan fingerprint density at radius 2 is 2.04 bits per heavy atom. The summed E-state index contributed by atoms with van der Waals surface area (Å²) in [4.78, 5) is 5.02. The third-order valence-electron chi connectivity index (χ3n) is 3.36. The standard InChI is InChI=1S/C16H13ClFN3O2S3/c1-10-13(17)6-3-7-14(10)26(22,23)21-16-19-15(20-25-16)9-24-12-5-2-4-11(18)8-12/h2-8H,9H2,1H3,(H,19,20,21). The van der Waals surface area contributed by atoms with Crippen molar-refractivity contribution >= 4 is 50.1 Å². The molecule has 0 spiro atoms.